The molecule has 1 aromatic rings. The van der Waals surface area contributed by atoms with E-state index in [0.717, 1.165) is 31.6 Å². The van der Waals surface area contributed by atoms with Crippen LogP contribution in [0.15, 0.2) is 24.3 Å². The number of likely N-dealkylation sites (tertiary alicyclic amines) is 1. The van der Waals surface area contributed by atoms with Gasteiger partial charge in [0.1, 0.15) is 0 Å². The summed E-state index contributed by atoms with van der Waals surface area (Å²) in [4.78, 5) is 13.9. The predicted molar refractivity (Wildman–Crippen MR) is 75.1 cm³/mol. The molecule has 0 atom stereocenters. The van der Waals surface area contributed by atoms with E-state index in [0.29, 0.717) is 10.4 Å². The Balaban J connectivity index is 1.91. The Morgan fingerprint density at radius 3 is 2.33 bits per heavy atom. The molecule has 0 saturated carbocycles. The van der Waals surface area contributed by atoms with Crippen LogP contribution in [0.3, 0.4) is 0 Å². The van der Waals surface area contributed by atoms with Gasteiger partial charge in [-0.05, 0) is 42.5 Å². The molecule has 4 heteroatoms. The Hall–Kier alpha value is -1.22. The fraction of sp³-hybridized carbons (Fsp3) is 0.500. The van der Waals surface area contributed by atoms with Gasteiger partial charge < -0.3 is 10.2 Å². The molecule has 0 radical (unpaired) electrons. The number of urea groups is 1. The summed E-state index contributed by atoms with van der Waals surface area (Å²) in [7, 11) is 0. The van der Waals surface area contributed by atoms with Gasteiger partial charge in [0.2, 0.25) is 0 Å². The van der Waals surface area contributed by atoms with Crippen LogP contribution in [0.4, 0.5) is 10.5 Å². The Morgan fingerprint density at radius 1 is 1.22 bits per heavy atom. The number of rotatable bonds is 1. The second-order valence-corrected chi connectivity index (χ2v) is 6.02. The van der Waals surface area contributed by atoms with Crippen LogP contribution < -0.4 is 5.32 Å². The number of hydrogen-bond donors (Lipinski definition) is 1. The van der Waals surface area contributed by atoms with Crippen molar-refractivity contribution >= 4 is 23.3 Å². The molecule has 1 saturated heterocycles. The average Bonchev–Trinajstić information content (AvgIpc) is 2.32. The smallest absolute Gasteiger partial charge is 0.321 e. The lowest BCUT2D eigenvalue weighted by atomic mass is 9.83. The molecular weight excluding hydrogens is 248 g/mol. The van der Waals surface area contributed by atoms with Crippen LogP contribution in [-0.4, -0.2) is 24.0 Å². The number of carbonyl (C=O) groups excluding carboxylic acids is 1. The van der Waals surface area contributed by atoms with E-state index in [4.69, 9.17) is 11.6 Å². The summed E-state index contributed by atoms with van der Waals surface area (Å²) in [6, 6.07) is 7.16. The Kier molecular flexibility index (Phi) is 3.81. The van der Waals surface area contributed by atoms with Gasteiger partial charge in [-0.3, -0.25) is 0 Å². The van der Waals surface area contributed by atoms with E-state index in [1.807, 2.05) is 17.0 Å². The lowest BCUT2D eigenvalue weighted by molar-refractivity contribution is 0.149. The SMILES string of the molecule is CC1(C)CCN(C(=O)Nc2ccc(Cl)cc2)CC1. The molecule has 0 spiro atoms. The predicted octanol–water partition coefficient (Wildman–Crippen LogP) is 3.99. The summed E-state index contributed by atoms with van der Waals surface area (Å²) in [5, 5.41) is 3.57. The minimum atomic E-state index is -0.0205. The van der Waals surface area contributed by atoms with E-state index in [-0.39, 0.29) is 6.03 Å². The number of carbonyl (C=O) groups is 1. The number of benzene rings is 1. The van der Waals surface area contributed by atoms with Crippen LogP contribution in [0.25, 0.3) is 0 Å². The fourth-order valence-electron chi connectivity index (χ4n) is 2.05. The van der Waals surface area contributed by atoms with Gasteiger partial charge in [0.25, 0.3) is 0 Å². The second-order valence-electron chi connectivity index (χ2n) is 5.59. The maximum atomic E-state index is 12.0. The third-order valence-electron chi connectivity index (χ3n) is 3.50. The molecule has 1 N–H and O–H groups in total. The molecule has 98 valence electrons. The highest BCUT2D eigenvalue weighted by Gasteiger charge is 2.27. The number of nitrogens with one attached hydrogen (secondary N) is 1. The molecule has 0 aliphatic carbocycles. The Labute approximate surface area is 113 Å². The third kappa shape index (κ3) is 3.39. The molecule has 0 bridgehead atoms. The van der Waals surface area contributed by atoms with E-state index in [1.54, 1.807) is 12.1 Å². The molecule has 1 fully saturated rings. The van der Waals surface area contributed by atoms with Crippen LogP contribution in [0.1, 0.15) is 26.7 Å². The van der Waals surface area contributed by atoms with E-state index < -0.39 is 0 Å². The zero-order chi connectivity index (χ0) is 13.2. The standard InChI is InChI=1S/C14H19ClN2O/c1-14(2)7-9-17(10-8-14)13(18)16-12-5-3-11(15)4-6-12/h3-6H,7-10H2,1-2H3,(H,16,18). The first-order valence-electron chi connectivity index (χ1n) is 6.28. The number of halogens is 1. The van der Waals surface area contributed by atoms with Gasteiger partial charge in [-0.25, -0.2) is 4.79 Å². The maximum absolute atomic E-state index is 12.0. The lowest BCUT2D eigenvalue weighted by Crippen LogP contribution is -2.43. The van der Waals surface area contributed by atoms with Crippen molar-refractivity contribution in [1.82, 2.24) is 4.90 Å². The highest BCUT2D eigenvalue weighted by Crippen LogP contribution is 2.29. The van der Waals surface area contributed by atoms with Crippen molar-refractivity contribution in [2.45, 2.75) is 26.7 Å². The van der Waals surface area contributed by atoms with E-state index in [2.05, 4.69) is 19.2 Å². The minimum absolute atomic E-state index is 0.0205. The number of hydrogen-bond acceptors (Lipinski definition) is 1. The van der Waals surface area contributed by atoms with Crippen LogP contribution in [-0.2, 0) is 0 Å². The quantitative estimate of drug-likeness (QED) is 0.819. The monoisotopic (exact) mass is 266 g/mol. The first kappa shape index (κ1) is 13.2. The minimum Gasteiger partial charge on any atom is -0.324 e. The molecule has 1 aliphatic rings. The molecule has 1 heterocycles. The first-order valence-corrected chi connectivity index (χ1v) is 6.66. The topological polar surface area (TPSA) is 32.3 Å². The van der Waals surface area contributed by atoms with E-state index in [9.17, 15) is 4.79 Å². The fourth-order valence-corrected chi connectivity index (χ4v) is 2.18. The van der Waals surface area contributed by atoms with E-state index in [1.165, 1.54) is 0 Å². The highest BCUT2D eigenvalue weighted by atomic mass is 35.5. The second kappa shape index (κ2) is 5.19. The average molecular weight is 267 g/mol. The van der Waals surface area contributed by atoms with Crippen molar-refractivity contribution in [2.24, 2.45) is 5.41 Å². The molecule has 3 nitrogen and oxygen atoms in total. The first-order chi connectivity index (χ1) is 8.46. The number of anilines is 1. The molecule has 1 aromatic carbocycles. The van der Waals surface area contributed by atoms with Crippen molar-refractivity contribution in [3.05, 3.63) is 29.3 Å². The van der Waals surface area contributed by atoms with Crippen molar-refractivity contribution in [3.8, 4) is 0 Å². The van der Waals surface area contributed by atoms with Crippen molar-refractivity contribution < 1.29 is 4.79 Å². The summed E-state index contributed by atoms with van der Waals surface area (Å²) in [5.41, 5.74) is 1.14. The maximum Gasteiger partial charge on any atom is 0.321 e. The van der Waals surface area contributed by atoms with Gasteiger partial charge in [0.05, 0.1) is 0 Å². The van der Waals surface area contributed by atoms with Crippen molar-refractivity contribution in [1.29, 1.82) is 0 Å². The van der Waals surface area contributed by atoms with Gasteiger partial charge in [-0.15, -0.1) is 0 Å². The number of amides is 2. The van der Waals surface area contributed by atoms with Gasteiger partial charge in [-0.2, -0.15) is 0 Å². The molecule has 2 amide bonds. The summed E-state index contributed by atoms with van der Waals surface area (Å²) in [6.07, 6.45) is 2.11. The molecular formula is C14H19ClN2O. The van der Waals surface area contributed by atoms with E-state index >= 15 is 0 Å². The summed E-state index contributed by atoms with van der Waals surface area (Å²) in [5.74, 6) is 0. The lowest BCUT2D eigenvalue weighted by Gasteiger charge is -2.36. The normalized spacial score (nSPS) is 18.5. The van der Waals surface area contributed by atoms with Crippen LogP contribution in [0.5, 0.6) is 0 Å². The molecule has 1 aliphatic heterocycles. The van der Waals surface area contributed by atoms with Crippen LogP contribution >= 0.6 is 11.6 Å². The Morgan fingerprint density at radius 2 is 1.78 bits per heavy atom. The van der Waals surface area contributed by atoms with Crippen LogP contribution in [0.2, 0.25) is 5.02 Å². The largest absolute Gasteiger partial charge is 0.324 e. The van der Waals surface area contributed by atoms with Crippen molar-refractivity contribution in [3.63, 3.8) is 0 Å². The van der Waals surface area contributed by atoms with Gasteiger partial charge in [0.15, 0.2) is 0 Å². The number of piperidine rings is 1. The van der Waals surface area contributed by atoms with Crippen LogP contribution in [0, 0.1) is 5.41 Å². The zero-order valence-electron chi connectivity index (χ0n) is 10.9. The summed E-state index contributed by atoms with van der Waals surface area (Å²) < 4.78 is 0. The summed E-state index contributed by atoms with van der Waals surface area (Å²) in [6.45, 7) is 6.15. The molecule has 2 rings (SSSR count). The van der Waals surface area contributed by atoms with Crippen molar-refractivity contribution in [2.75, 3.05) is 18.4 Å². The summed E-state index contributed by atoms with van der Waals surface area (Å²) >= 11 is 5.81. The molecule has 0 aromatic heterocycles. The highest BCUT2D eigenvalue weighted by molar-refractivity contribution is 6.30. The Bertz CT molecular complexity index is 418. The van der Waals surface area contributed by atoms with Gasteiger partial charge in [0, 0.05) is 23.8 Å². The number of nitrogens with zero attached hydrogens (tertiary/aromatic N) is 1. The molecule has 18 heavy (non-hydrogen) atoms. The zero-order valence-corrected chi connectivity index (χ0v) is 11.6. The van der Waals surface area contributed by atoms with Gasteiger partial charge >= 0.3 is 6.03 Å². The van der Waals surface area contributed by atoms with Gasteiger partial charge in [-0.1, -0.05) is 25.4 Å². The molecule has 0 unspecified atom stereocenters. The third-order valence-corrected chi connectivity index (χ3v) is 3.75.